The number of benzene rings is 2. The summed E-state index contributed by atoms with van der Waals surface area (Å²) in [5, 5.41) is 7.16. The second-order valence-corrected chi connectivity index (χ2v) is 7.49. The maximum Gasteiger partial charge on any atom is 0.258 e. The predicted octanol–water partition coefficient (Wildman–Crippen LogP) is 3.60. The minimum absolute atomic E-state index is 0.0561. The first-order valence-corrected chi connectivity index (χ1v) is 9.89. The first-order valence-electron chi connectivity index (χ1n) is 9.89. The fourth-order valence-corrected chi connectivity index (χ4v) is 3.72. The summed E-state index contributed by atoms with van der Waals surface area (Å²) in [7, 11) is 0. The van der Waals surface area contributed by atoms with Crippen molar-refractivity contribution in [2.24, 2.45) is 0 Å². The average molecular weight is 388 g/mol. The van der Waals surface area contributed by atoms with Crippen molar-refractivity contribution < 1.29 is 9.59 Å². The van der Waals surface area contributed by atoms with E-state index in [9.17, 15) is 9.59 Å². The fraction of sp³-hybridized carbons (Fsp3) is 0.261. The number of nitrogens with one attached hydrogen (secondary N) is 1. The number of fused-ring (bicyclic) bond motifs is 1. The molecule has 0 unspecified atom stereocenters. The van der Waals surface area contributed by atoms with Gasteiger partial charge in [0.2, 0.25) is 0 Å². The van der Waals surface area contributed by atoms with Crippen LogP contribution < -0.4 is 10.2 Å². The van der Waals surface area contributed by atoms with E-state index in [2.05, 4.69) is 10.4 Å². The largest absolute Gasteiger partial charge is 0.350 e. The second-order valence-electron chi connectivity index (χ2n) is 7.49. The summed E-state index contributed by atoms with van der Waals surface area (Å²) in [4.78, 5) is 27.6. The Morgan fingerprint density at radius 3 is 2.55 bits per heavy atom. The van der Waals surface area contributed by atoms with Crippen LogP contribution in [0.1, 0.15) is 46.5 Å². The lowest BCUT2D eigenvalue weighted by Crippen LogP contribution is -2.37. The van der Waals surface area contributed by atoms with Crippen LogP contribution in [-0.4, -0.2) is 34.2 Å². The van der Waals surface area contributed by atoms with Gasteiger partial charge in [-0.2, -0.15) is 5.10 Å². The van der Waals surface area contributed by atoms with Crippen LogP contribution in [0.3, 0.4) is 0 Å². The van der Waals surface area contributed by atoms with Crippen LogP contribution in [0.25, 0.3) is 5.69 Å². The van der Waals surface area contributed by atoms with Gasteiger partial charge < -0.3 is 10.2 Å². The van der Waals surface area contributed by atoms with Gasteiger partial charge in [0.1, 0.15) is 0 Å². The molecule has 1 aliphatic heterocycles. The molecule has 29 heavy (non-hydrogen) atoms. The average Bonchev–Trinajstić information content (AvgIpc) is 3.27. The summed E-state index contributed by atoms with van der Waals surface area (Å²) in [6.07, 6.45) is 5.20. The number of carbonyl (C=O) groups is 2. The summed E-state index contributed by atoms with van der Waals surface area (Å²) in [5.74, 6) is -0.144. The number of hydrogen-bond acceptors (Lipinski definition) is 3. The van der Waals surface area contributed by atoms with E-state index in [-0.39, 0.29) is 17.9 Å². The van der Waals surface area contributed by atoms with Crippen LogP contribution in [0.4, 0.5) is 5.69 Å². The Hall–Kier alpha value is -3.41. The minimum Gasteiger partial charge on any atom is -0.350 e. The molecule has 0 saturated carbocycles. The van der Waals surface area contributed by atoms with Gasteiger partial charge in [-0.3, -0.25) is 9.59 Å². The van der Waals surface area contributed by atoms with Crippen LogP contribution in [0.5, 0.6) is 0 Å². The lowest BCUT2D eigenvalue weighted by atomic mass is 9.95. The summed E-state index contributed by atoms with van der Waals surface area (Å²) in [6, 6.07) is 15.0. The molecule has 0 bridgehead atoms. The standard InChI is InChI=1S/C23H24N4O2/c1-16(2)25-22(28)20-6-3-8-21-19(20)7-4-14-26(21)23(29)17-9-11-18(12-10-17)27-15-5-13-24-27/h3,5-6,8-13,15-16H,4,7,14H2,1-2H3,(H,25,28). The van der Waals surface area contributed by atoms with Gasteiger partial charge in [-0.25, -0.2) is 4.68 Å². The van der Waals surface area contributed by atoms with E-state index in [0.29, 0.717) is 17.7 Å². The summed E-state index contributed by atoms with van der Waals surface area (Å²) < 4.78 is 1.75. The summed E-state index contributed by atoms with van der Waals surface area (Å²) in [5.41, 5.74) is 3.94. The van der Waals surface area contributed by atoms with Crippen LogP contribution in [0, 0.1) is 0 Å². The van der Waals surface area contributed by atoms with E-state index in [1.807, 2.05) is 68.6 Å². The zero-order valence-corrected chi connectivity index (χ0v) is 16.6. The highest BCUT2D eigenvalue weighted by atomic mass is 16.2. The van der Waals surface area contributed by atoms with Crippen LogP contribution in [-0.2, 0) is 6.42 Å². The zero-order chi connectivity index (χ0) is 20.4. The first-order chi connectivity index (χ1) is 14.0. The van der Waals surface area contributed by atoms with Crippen LogP contribution >= 0.6 is 0 Å². The molecule has 1 aliphatic rings. The Kier molecular flexibility index (Phi) is 5.16. The smallest absolute Gasteiger partial charge is 0.258 e. The number of anilines is 1. The summed E-state index contributed by atoms with van der Waals surface area (Å²) >= 11 is 0. The molecule has 6 heteroatoms. The van der Waals surface area contributed by atoms with Crippen LogP contribution in [0.2, 0.25) is 0 Å². The van der Waals surface area contributed by atoms with Gasteiger partial charge in [0, 0.05) is 41.8 Å². The lowest BCUT2D eigenvalue weighted by molar-refractivity contribution is 0.0938. The third-order valence-corrected chi connectivity index (χ3v) is 5.04. The third kappa shape index (κ3) is 3.78. The van der Waals surface area contributed by atoms with Gasteiger partial charge in [0.05, 0.1) is 5.69 Å². The molecule has 4 rings (SSSR count). The van der Waals surface area contributed by atoms with Crippen molar-refractivity contribution in [3.63, 3.8) is 0 Å². The molecule has 1 aromatic heterocycles. The molecule has 0 spiro atoms. The van der Waals surface area contributed by atoms with Crippen molar-refractivity contribution in [1.82, 2.24) is 15.1 Å². The predicted molar refractivity (Wildman–Crippen MR) is 113 cm³/mol. The van der Waals surface area contributed by atoms with Crippen LogP contribution in [0.15, 0.2) is 60.9 Å². The van der Waals surface area contributed by atoms with Crippen molar-refractivity contribution in [2.75, 3.05) is 11.4 Å². The minimum atomic E-state index is -0.0882. The van der Waals surface area contributed by atoms with Crippen molar-refractivity contribution in [1.29, 1.82) is 0 Å². The van der Waals surface area contributed by atoms with Gasteiger partial charge in [-0.1, -0.05) is 6.07 Å². The monoisotopic (exact) mass is 388 g/mol. The quantitative estimate of drug-likeness (QED) is 0.743. The Morgan fingerprint density at radius 2 is 1.86 bits per heavy atom. The summed E-state index contributed by atoms with van der Waals surface area (Å²) in [6.45, 7) is 4.52. The van der Waals surface area contributed by atoms with E-state index >= 15 is 0 Å². The lowest BCUT2D eigenvalue weighted by Gasteiger charge is -2.31. The van der Waals surface area contributed by atoms with E-state index in [1.54, 1.807) is 15.8 Å². The molecule has 0 atom stereocenters. The highest BCUT2D eigenvalue weighted by molar-refractivity contribution is 6.08. The number of rotatable bonds is 4. The van der Waals surface area contributed by atoms with Gasteiger partial charge in [-0.15, -0.1) is 0 Å². The number of carbonyl (C=O) groups excluding carboxylic acids is 2. The molecule has 148 valence electrons. The van der Waals surface area contributed by atoms with Crippen molar-refractivity contribution in [3.8, 4) is 5.69 Å². The van der Waals surface area contributed by atoms with Gasteiger partial charge in [0.25, 0.3) is 11.8 Å². The maximum atomic E-state index is 13.2. The number of amides is 2. The van der Waals surface area contributed by atoms with E-state index < -0.39 is 0 Å². The molecular weight excluding hydrogens is 364 g/mol. The highest BCUT2D eigenvalue weighted by Gasteiger charge is 2.27. The van der Waals surface area contributed by atoms with E-state index in [0.717, 1.165) is 29.8 Å². The molecule has 0 radical (unpaired) electrons. The Balaban J connectivity index is 1.62. The SMILES string of the molecule is CC(C)NC(=O)c1cccc2c1CCCN2C(=O)c1ccc(-n2cccn2)cc1. The van der Waals surface area contributed by atoms with Gasteiger partial charge >= 0.3 is 0 Å². The molecule has 2 heterocycles. The fourth-order valence-electron chi connectivity index (χ4n) is 3.72. The third-order valence-electron chi connectivity index (χ3n) is 5.04. The maximum absolute atomic E-state index is 13.2. The highest BCUT2D eigenvalue weighted by Crippen LogP contribution is 2.31. The van der Waals surface area contributed by atoms with Gasteiger partial charge in [0.15, 0.2) is 0 Å². The van der Waals surface area contributed by atoms with E-state index in [4.69, 9.17) is 0 Å². The van der Waals surface area contributed by atoms with Crippen molar-refractivity contribution in [3.05, 3.63) is 77.6 Å². The Bertz CT molecular complexity index is 1020. The molecule has 3 aromatic rings. The Morgan fingerprint density at radius 1 is 1.07 bits per heavy atom. The number of hydrogen-bond donors (Lipinski definition) is 1. The van der Waals surface area contributed by atoms with E-state index in [1.165, 1.54) is 0 Å². The molecule has 0 fully saturated rings. The molecule has 0 saturated heterocycles. The molecule has 0 aliphatic carbocycles. The van der Waals surface area contributed by atoms with Gasteiger partial charge in [-0.05, 0) is 74.7 Å². The van der Waals surface area contributed by atoms with Crippen molar-refractivity contribution in [2.45, 2.75) is 32.7 Å². The molecular formula is C23H24N4O2. The van der Waals surface area contributed by atoms with Crippen molar-refractivity contribution >= 4 is 17.5 Å². The number of aromatic nitrogens is 2. The normalized spacial score (nSPS) is 13.3. The second kappa shape index (κ2) is 7.91. The molecule has 6 nitrogen and oxygen atoms in total. The number of nitrogens with zero attached hydrogens (tertiary/aromatic N) is 3. The first kappa shape index (κ1) is 18.9. The molecule has 1 N–H and O–H groups in total. The molecule has 2 amide bonds. The Labute approximate surface area is 170 Å². The zero-order valence-electron chi connectivity index (χ0n) is 16.6. The molecule has 2 aromatic carbocycles. The topological polar surface area (TPSA) is 67.2 Å².